The van der Waals surface area contributed by atoms with Gasteiger partial charge in [0.15, 0.2) is 41.9 Å². The van der Waals surface area contributed by atoms with Crippen molar-refractivity contribution >= 4 is 86.3 Å². The number of nitrogen functional groups attached to an aromatic ring is 2. The monoisotopic (exact) mass is 1060 g/mol. The first kappa shape index (κ1) is 54.7. The van der Waals surface area contributed by atoms with Crippen molar-refractivity contribution < 1.29 is 18.7 Å². The van der Waals surface area contributed by atoms with Gasteiger partial charge in [0, 0.05) is 75.0 Å². The van der Waals surface area contributed by atoms with Gasteiger partial charge in [-0.1, -0.05) is 78.8 Å². The number of nitrogens with two attached hydrogens (primary N) is 2. The molecule has 3 aromatic rings. The van der Waals surface area contributed by atoms with E-state index < -0.39 is 11.5 Å². The highest BCUT2D eigenvalue weighted by atomic mass is 32.2. The number of pyridine rings is 1. The quantitative estimate of drug-likeness (QED) is 0.0281. The fraction of sp³-hybridized carbons (Fsp3) is 0.382. The maximum Gasteiger partial charge on any atom is 0.253 e. The van der Waals surface area contributed by atoms with Gasteiger partial charge in [0.25, 0.3) is 5.91 Å². The summed E-state index contributed by atoms with van der Waals surface area (Å²) in [5.74, 6) is 1.73. The van der Waals surface area contributed by atoms with E-state index in [-0.39, 0.29) is 34.7 Å². The molecule has 5 aliphatic heterocycles. The second kappa shape index (κ2) is 23.0. The minimum Gasteiger partial charge on any atom is -0.375 e. The first-order valence-electron chi connectivity index (χ1n) is 24.2. The minimum absolute atomic E-state index is 0.0209. The molecule has 1 unspecified atom stereocenters. The van der Waals surface area contributed by atoms with Crippen molar-refractivity contribution in [2.45, 2.75) is 90.7 Å². The molecule has 5 aliphatic rings. The highest BCUT2D eigenvalue weighted by molar-refractivity contribution is 8.00. The zero-order chi connectivity index (χ0) is 52.9. The molecular formula is C55H70N12O2S4+2. The van der Waals surface area contributed by atoms with Crippen LogP contribution in [0.4, 0.5) is 10.3 Å². The lowest BCUT2D eigenvalue weighted by Gasteiger charge is -2.55. The molecule has 3 aromatic heterocycles. The number of aliphatic imine (C=N–C) groups is 2. The summed E-state index contributed by atoms with van der Waals surface area (Å²) in [6.45, 7) is 42.0. The normalized spacial score (nSPS) is 20.9. The second-order valence-corrected chi connectivity index (χ2v) is 24.2. The number of nitrogens with zero attached hydrogens (tertiary/aromatic N) is 8. The number of nitrogens with one attached hydrogen (secondary N) is 2. The first-order chi connectivity index (χ1) is 34.6. The number of β-lactam (4-membered cyclic amide) rings is 1. The minimum atomic E-state index is -0.631. The molecule has 8 heterocycles. The van der Waals surface area contributed by atoms with Gasteiger partial charge in [-0.05, 0) is 44.4 Å². The van der Waals surface area contributed by atoms with Crippen LogP contribution in [0.1, 0.15) is 72.7 Å². The van der Waals surface area contributed by atoms with Crippen LogP contribution in [-0.2, 0) is 16.1 Å². The van der Waals surface area contributed by atoms with E-state index in [9.17, 15) is 9.59 Å². The molecule has 0 saturated carbocycles. The summed E-state index contributed by atoms with van der Waals surface area (Å²) in [5.41, 5.74) is 23.5. The fourth-order valence-corrected chi connectivity index (χ4v) is 12.5. The first-order valence-corrected chi connectivity index (χ1v) is 28.0. The molecule has 0 aliphatic carbocycles. The number of carbonyl (C=O) groups is 2. The summed E-state index contributed by atoms with van der Waals surface area (Å²) in [4.78, 5) is 47.4. The Labute approximate surface area is 447 Å². The summed E-state index contributed by atoms with van der Waals surface area (Å²) in [6, 6.07) is 5.74. The average molecular weight is 1060 g/mol. The Morgan fingerprint density at radius 1 is 0.795 bits per heavy atom. The van der Waals surface area contributed by atoms with Gasteiger partial charge >= 0.3 is 0 Å². The molecule has 8 rings (SSSR count). The smallest absolute Gasteiger partial charge is 0.253 e. The molecule has 384 valence electrons. The van der Waals surface area contributed by atoms with Gasteiger partial charge in [0.05, 0.1) is 35.4 Å². The molecule has 0 spiro atoms. The van der Waals surface area contributed by atoms with Gasteiger partial charge in [0.2, 0.25) is 0 Å². The molecule has 1 amide bonds. The van der Waals surface area contributed by atoms with Crippen LogP contribution in [-0.4, -0.2) is 108 Å². The van der Waals surface area contributed by atoms with Crippen molar-refractivity contribution in [3.8, 4) is 0 Å². The molecule has 73 heavy (non-hydrogen) atoms. The number of carbonyl (C=O) groups excluding carboxylic acids is 2. The fourth-order valence-electron chi connectivity index (χ4n) is 8.66. The predicted octanol–water partition coefficient (Wildman–Crippen LogP) is 8.66. The number of allylic oxidation sites excluding steroid dienone is 5. The summed E-state index contributed by atoms with van der Waals surface area (Å²) < 4.78 is 4.39. The molecule has 2 saturated heterocycles. The summed E-state index contributed by atoms with van der Waals surface area (Å²) in [7, 11) is 0. The molecule has 0 bridgehead atoms. The average Bonchev–Trinajstić information content (AvgIpc) is 3.99. The van der Waals surface area contributed by atoms with E-state index >= 15 is 0 Å². The molecule has 0 aromatic carbocycles. The number of thioether (sulfide) groups is 2. The van der Waals surface area contributed by atoms with Crippen molar-refractivity contribution in [3.05, 3.63) is 161 Å². The van der Waals surface area contributed by atoms with Crippen LogP contribution in [0, 0.1) is 10.8 Å². The van der Waals surface area contributed by atoms with Gasteiger partial charge in [-0.3, -0.25) is 19.7 Å². The Kier molecular flexibility index (Phi) is 17.2. The standard InChI is InChI=1S/C29H37N6S2.C26H33N6O2S2/c1-18(2)26-22(14-34-12-10-9-11-13-34)15-36-27-25(21(6)35(26)27)32-20(5)24(23-16-37-28(30)33-23)31-17-29(7,8)19(3)4;1-16(2)22-18(11-31-9-7-6-8-10-31)12-35-24-21(23(34)32(22)24)29-17(3)20(19-13-36-25(27)30-19)28-14-26(4,5)15-33/h9-13,16,25,27,32H,1,3,5-6,14-15,17H2,2,4,7-8H3,(H2,30,33);7,9-10,13,15,21,24,29H,1,3,6,8,11-12,14H2,2,4-5H3,(H2,27,30)/q2*+1/t25-,27?;21-,24-/m11/s1. The molecule has 6 N–H and O–H groups in total. The van der Waals surface area contributed by atoms with Crippen LogP contribution in [0.3, 0.4) is 0 Å². The number of rotatable bonds is 20. The maximum atomic E-state index is 13.4. The van der Waals surface area contributed by atoms with E-state index in [1.54, 1.807) is 17.1 Å². The van der Waals surface area contributed by atoms with Crippen LogP contribution in [0.25, 0.3) is 0 Å². The number of amides is 1. The molecule has 2 fully saturated rings. The molecule has 18 heteroatoms. The lowest BCUT2D eigenvalue weighted by Crippen LogP contribution is -2.69. The Morgan fingerprint density at radius 2 is 1.33 bits per heavy atom. The lowest BCUT2D eigenvalue weighted by molar-refractivity contribution is -0.689. The zero-order valence-corrected chi connectivity index (χ0v) is 46.5. The third-order valence-corrected chi connectivity index (χ3v) is 17.1. The third-order valence-electron chi connectivity index (χ3n) is 13.1. The Morgan fingerprint density at radius 3 is 1.84 bits per heavy atom. The Balaban J connectivity index is 0.000000214. The maximum absolute atomic E-state index is 13.4. The van der Waals surface area contributed by atoms with Gasteiger partial charge in [-0.2, -0.15) is 0 Å². The number of aldehydes is 1. The van der Waals surface area contributed by atoms with E-state index in [0.717, 1.165) is 88.9 Å². The lowest BCUT2D eigenvalue weighted by atomic mass is 9.86. The van der Waals surface area contributed by atoms with Crippen molar-refractivity contribution in [1.29, 1.82) is 0 Å². The van der Waals surface area contributed by atoms with E-state index in [1.807, 2.05) is 55.8 Å². The molecule has 14 nitrogen and oxygen atoms in total. The van der Waals surface area contributed by atoms with Crippen molar-refractivity contribution in [3.63, 3.8) is 0 Å². The van der Waals surface area contributed by atoms with Crippen LogP contribution in [0.15, 0.2) is 159 Å². The van der Waals surface area contributed by atoms with Gasteiger partial charge in [-0.25, -0.2) is 19.1 Å². The number of hydrogen-bond donors (Lipinski definition) is 4. The zero-order valence-electron chi connectivity index (χ0n) is 43.2. The van der Waals surface area contributed by atoms with Gasteiger partial charge in [-0.15, -0.1) is 46.2 Å². The largest absolute Gasteiger partial charge is 0.375 e. The summed E-state index contributed by atoms with van der Waals surface area (Å²) in [6.07, 6.45) is 13.6. The molecular weight excluding hydrogens is 989 g/mol. The number of aromatic nitrogens is 3. The highest BCUT2D eigenvalue weighted by Crippen LogP contribution is 2.47. The van der Waals surface area contributed by atoms with Gasteiger partial charge < -0.3 is 31.8 Å². The van der Waals surface area contributed by atoms with E-state index in [0.29, 0.717) is 33.9 Å². The van der Waals surface area contributed by atoms with Crippen LogP contribution in [0.5, 0.6) is 0 Å². The summed E-state index contributed by atoms with van der Waals surface area (Å²) >= 11 is 6.36. The van der Waals surface area contributed by atoms with Crippen molar-refractivity contribution in [2.24, 2.45) is 20.8 Å². The number of fused-ring (bicyclic) bond motifs is 2. The predicted molar refractivity (Wildman–Crippen MR) is 307 cm³/mol. The number of thiazole rings is 2. The Hall–Kier alpha value is -6.08. The van der Waals surface area contributed by atoms with Crippen molar-refractivity contribution in [2.75, 3.05) is 42.6 Å². The number of anilines is 2. The molecule has 0 radical (unpaired) electrons. The Bertz CT molecular complexity index is 2920. The number of hydrogen-bond acceptors (Lipinski definition) is 15. The highest BCUT2D eigenvalue weighted by Gasteiger charge is 2.53. The molecule has 4 atom stereocenters. The van der Waals surface area contributed by atoms with Gasteiger partial charge in [0.1, 0.15) is 52.1 Å². The van der Waals surface area contributed by atoms with Crippen LogP contribution in [0.2, 0.25) is 0 Å². The summed E-state index contributed by atoms with van der Waals surface area (Å²) in [5, 5.41) is 11.7. The van der Waals surface area contributed by atoms with Crippen LogP contribution >= 0.6 is 46.2 Å². The topological polar surface area (TPSA) is 174 Å². The third kappa shape index (κ3) is 12.5. The van der Waals surface area contributed by atoms with Crippen LogP contribution < -0.4 is 26.7 Å². The SMILES string of the molecule is C=C(C)C1=C(C[N+]2=CCCC=C2)CS[C@@H]2[C@H](NC(=C)C(=NCC(C)(C)C=O)c3csc(N)n3)C(=O)N12.C=C(C)C1=C(C[n+]2ccccc2)CSC2[C@H](NC(=C)C(=NCC(C)(C)C(=C)C)c3csc(N)n3)C(=C)N12. The second-order valence-electron chi connectivity index (χ2n) is 20.2. The van der Waals surface area contributed by atoms with E-state index in [2.05, 4.69) is 143 Å². The van der Waals surface area contributed by atoms with Crippen molar-refractivity contribution in [1.82, 2.24) is 30.4 Å². The van der Waals surface area contributed by atoms with E-state index in [1.165, 1.54) is 39.5 Å². The van der Waals surface area contributed by atoms with E-state index in [4.69, 9.17) is 16.5 Å².